The largest absolute Gasteiger partial charge is 0.392 e. The fourth-order valence-electron chi connectivity index (χ4n) is 3.61. The van der Waals surface area contributed by atoms with E-state index in [-0.39, 0.29) is 28.2 Å². The number of halogens is 2. The van der Waals surface area contributed by atoms with Crippen LogP contribution in [0, 0.1) is 18.6 Å². The highest BCUT2D eigenvalue weighted by Crippen LogP contribution is 2.36. The average Bonchev–Trinajstić information content (AvgIpc) is 3.08. The number of rotatable bonds is 5. The SMILES string of the molecule is Cc1c(CO)cc(F)cc1S(=O)(=O)Nc1cccc(-c2cn(C)c3ncnc(N)c23)c1F. The molecule has 0 atom stereocenters. The summed E-state index contributed by atoms with van der Waals surface area (Å²) in [5.41, 5.74) is 6.90. The van der Waals surface area contributed by atoms with Crippen LogP contribution in [0.4, 0.5) is 20.3 Å². The van der Waals surface area contributed by atoms with E-state index >= 15 is 4.39 Å². The first kappa shape index (κ1) is 21.7. The highest BCUT2D eigenvalue weighted by atomic mass is 32.2. The summed E-state index contributed by atoms with van der Waals surface area (Å²) in [6.45, 7) is 0.895. The van der Waals surface area contributed by atoms with Crippen molar-refractivity contribution in [3.05, 3.63) is 65.6 Å². The van der Waals surface area contributed by atoms with E-state index in [1.54, 1.807) is 17.8 Å². The van der Waals surface area contributed by atoms with Gasteiger partial charge in [0.05, 0.1) is 22.6 Å². The van der Waals surface area contributed by atoms with Crippen molar-refractivity contribution in [3.63, 3.8) is 0 Å². The zero-order chi connectivity index (χ0) is 23.2. The first-order chi connectivity index (χ1) is 15.1. The van der Waals surface area contributed by atoms with E-state index in [0.717, 1.165) is 12.1 Å². The van der Waals surface area contributed by atoms with E-state index in [1.165, 1.54) is 31.5 Å². The molecule has 0 bridgehead atoms. The van der Waals surface area contributed by atoms with Crippen LogP contribution in [-0.2, 0) is 23.7 Å². The van der Waals surface area contributed by atoms with E-state index in [2.05, 4.69) is 14.7 Å². The van der Waals surface area contributed by atoms with Gasteiger partial charge in [0.25, 0.3) is 10.0 Å². The second kappa shape index (κ2) is 7.84. The summed E-state index contributed by atoms with van der Waals surface area (Å²) in [6, 6.07) is 6.07. The lowest BCUT2D eigenvalue weighted by molar-refractivity contribution is 0.280. The van der Waals surface area contributed by atoms with Crippen LogP contribution in [-0.4, -0.2) is 28.1 Å². The maximum absolute atomic E-state index is 15.5. The lowest BCUT2D eigenvalue weighted by atomic mass is 10.0. The van der Waals surface area contributed by atoms with E-state index in [0.29, 0.717) is 16.6 Å². The van der Waals surface area contributed by atoms with Crippen molar-refractivity contribution in [2.45, 2.75) is 18.4 Å². The van der Waals surface area contributed by atoms with Gasteiger partial charge in [-0.2, -0.15) is 0 Å². The molecule has 0 aliphatic rings. The smallest absolute Gasteiger partial charge is 0.262 e. The number of aromatic nitrogens is 3. The van der Waals surface area contributed by atoms with Crippen molar-refractivity contribution in [3.8, 4) is 11.1 Å². The maximum atomic E-state index is 15.5. The molecule has 4 rings (SSSR count). The number of sulfonamides is 1. The summed E-state index contributed by atoms with van der Waals surface area (Å²) in [5.74, 6) is -1.52. The van der Waals surface area contributed by atoms with Crippen LogP contribution in [0.15, 0.2) is 47.8 Å². The Kier molecular flexibility index (Phi) is 5.31. The van der Waals surface area contributed by atoms with Crippen LogP contribution >= 0.6 is 0 Å². The fraction of sp³-hybridized carbons (Fsp3) is 0.143. The number of hydrogen-bond acceptors (Lipinski definition) is 6. The maximum Gasteiger partial charge on any atom is 0.262 e. The van der Waals surface area contributed by atoms with Crippen LogP contribution in [0.5, 0.6) is 0 Å². The molecule has 8 nitrogen and oxygen atoms in total. The molecule has 32 heavy (non-hydrogen) atoms. The Labute approximate surface area is 182 Å². The van der Waals surface area contributed by atoms with Crippen molar-refractivity contribution in [2.24, 2.45) is 7.05 Å². The van der Waals surface area contributed by atoms with E-state index in [4.69, 9.17) is 5.73 Å². The number of anilines is 2. The molecule has 0 amide bonds. The first-order valence-electron chi connectivity index (χ1n) is 9.41. The number of fused-ring (bicyclic) bond motifs is 1. The molecular formula is C21H19F2N5O3S. The molecule has 2 aromatic heterocycles. The van der Waals surface area contributed by atoms with Gasteiger partial charge in [-0.3, -0.25) is 4.72 Å². The molecule has 0 fully saturated rings. The van der Waals surface area contributed by atoms with Gasteiger partial charge in [-0.25, -0.2) is 27.2 Å². The third-order valence-electron chi connectivity index (χ3n) is 5.21. The minimum Gasteiger partial charge on any atom is -0.392 e. The molecule has 0 unspecified atom stereocenters. The molecule has 2 heterocycles. The van der Waals surface area contributed by atoms with E-state index in [1.807, 2.05) is 0 Å². The molecule has 0 spiro atoms. The van der Waals surface area contributed by atoms with Crippen LogP contribution in [0.2, 0.25) is 0 Å². The zero-order valence-electron chi connectivity index (χ0n) is 17.1. The Morgan fingerprint density at radius 1 is 1.19 bits per heavy atom. The normalized spacial score (nSPS) is 11.8. The van der Waals surface area contributed by atoms with E-state index in [9.17, 15) is 17.9 Å². The van der Waals surface area contributed by atoms with Gasteiger partial charge < -0.3 is 15.4 Å². The Balaban J connectivity index is 1.83. The standard InChI is InChI=1S/C21H19F2N5O3S/c1-11-12(9-29)6-13(22)7-17(11)32(30,31)27-16-5-3-4-14(19(16)23)15-8-28(2)21-18(15)20(24)25-10-26-21/h3-8,10,27,29H,9H2,1-2H3,(H2,24,25,26). The quantitative estimate of drug-likeness (QED) is 0.421. The number of hydrogen-bond donors (Lipinski definition) is 3. The second-order valence-corrected chi connectivity index (χ2v) is 8.88. The second-order valence-electron chi connectivity index (χ2n) is 7.23. The van der Waals surface area contributed by atoms with Crippen molar-refractivity contribution >= 4 is 32.6 Å². The Bertz CT molecular complexity index is 1470. The van der Waals surface area contributed by atoms with Crippen LogP contribution < -0.4 is 10.5 Å². The summed E-state index contributed by atoms with van der Waals surface area (Å²) < 4.78 is 59.1. The topological polar surface area (TPSA) is 123 Å². The number of nitrogen functional groups attached to an aromatic ring is 1. The third kappa shape index (κ3) is 3.55. The number of benzene rings is 2. The van der Waals surface area contributed by atoms with Gasteiger partial charge in [-0.15, -0.1) is 0 Å². The average molecular weight is 459 g/mol. The van der Waals surface area contributed by atoms with Crippen molar-refractivity contribution in [1.82, 2.24) is 14.5 Å². The van der Waals surface area contributed by atoms with Gasteiger partial charge in [0.15, 0.2) is 5.82 Å². The van der Waals surface area contributed by atoms with Crippen LogP contribution in [0.3, 0.4) is 0 Å². The van der Waals surface area contributed by atoms with Gasteiger partial charge in [0.2, 0.25) is 0 Å². The van der Waals surface area contributed by atoms with Crippen molar-refractivity contribution < 1.29 is 22.3 Å². The Morgan fingerprint density at radius 3 is 2.66 bits per heavy atom. The summed E-state index contributed by atoms with van der Waals surface area (Å²) in [4.78, 5) is 7.72. The van der Waals surface area contributed by atoms with Gasteiger partial charge in [-0.05, 0) is 36.2 Å². The molecule has 166 valence electrons. The Hall–Kier alpha value is -3.57. The molecule has 2 aromatic carbocycles. The van der Waals surface area contributed by atoms with E-state index < -0.39 is 33.2 Å². The fourth-order valence-corrected chi connectivity index (χ4v) is 4.97. The summed E-state index contributed by atoms with van der Waals surface area (Å²) in [7, 11) is -2.65. The summed E-state index contributed by atoms with van der Waals surface area (Å²) >= 11 is 0. The number of aryl methyl sites for hydroxylation is 1. The highest BCUT2D eigenvalue weighted by Gasteiger charge is 2.24. The lowest BCUT2D eigenvalue weighted by Gasteiger charge is -2.14. The molecule has 0 aliphatic carbocycles. The molecule has 11 heteroatoms. The summed E-state index contributed by atoms with van der Waals surface area (Å²) in [6.07, 6.45) is 2.92. The molecule has 4 aromatic rings. The molecule has 0 radical (unpaired) electrons. The van der Waals surface area contributed by atoms with Gasteiger partial charge in [0.1, 0.15) is 23.6 Å². The predicted octanol–water partition coefficient (Wildman–Crippen LogP) is 3.10. The minimum atomic E-state index is -4.36. The molecule has 0 aliphatic heterocycles. The van der Waals surface area contributed by atoms with Crippen LogP contribution in [0.1, 0.15) is 11.1 Å². The Morgan fingerprint density at radius 2 is 1.94 bits per heavy atom. The minimum absolute atomic E-state index is 0.0873. The van der Waals surface area contributed by atoms with Gasteiger partial charge in [-0.1, -0.05) is 12.1 Å². The number of aliphatic hydroxyl groups is 1. The van der Waals surface area contributed by atoms with Gasteiger partial charge >= 0.3 is 0 Å². The van der Waals surface area contributed by atoms with Crippen molar-refractivity contribution in [1.29, 1.82) is 0 Å². The number of nitrogens with zero attached hydrogens (tertiary/aromatic N) is 3. The number of aliphatic hydroxyl groups excluding tert-OH is 1. The molecular weight excluding hydrogens is 440 g/mol. The number of nitrogens with one attached hydrogen (secondary N) is 1. The predicted molar refractivity (Wildman–Crippen MR) is 116 cm³/mol. The molecule has 4 N–H and O–H groups in total. The summed E-state index contributed by atoms with van der Waals surface area (Å²) in [5, 5.41) is 9.81. The third-order valence-corrected chi connectivity index (χ3v) is 6.70. The lowest BCUT2D eigenvalue weighted by Crippen LogP contribution is -2.16. The van der Waals surface area contributed by atoms with Gasteiger partial charge in [0, 0.05) is 24.4 Å². The van der Waals surface area contributed by atoms with Crippen LogP contribution in [0.25, 0.3) is 22.2 Å². The molecule has 0 saturated heterocycles. The first-order valence-corrected chi connectivity index (χ1v) is 10.9. The molecule has 0 saturated carbocycles. The van der Waals surface area contributed by atoms with Crippen molar-refractivity contribution in [2.75, 3.05) is 10.5 Å². The highest BCUT2D eigenvalue weighted by molar-refractivity contribution is 7.92. The zero-order valence-corrected chi connectivity index (χ0v) is 17.9. The number of nitrogens with two attached hydrogens (primary N) is 1. The monoisotopic (exact) mass is 459 g/mol.